The highest BCUT2D eigenvalue weighted by Crippen LogP contribution is 2.20. The monoisotopic (exact) mass is 190 g/mol. The zero-order valence-corrected chi connectivity index (χ0v) is 6.15. The van der Waals surface area contributed by atoms with Crippen LogP contribution in [0.3, 0.4) is 0 Å². The third-order valence-corrected chi connectivity index (χ3v) is 4.14. The molecule has 1 heterocycles. The molecule has 1 rings (SSSR count). The molecule has 0 radical (unpaired) electrons. The molecule has 1 aliphatic rings. The van der Waals surface area contributed by atoms with Gasteiger partial charge in [0.2, 0.25) is 5.50 Å². The van der Waals surface area contributed by atoms with E-state index in [2.05, 4.69) is 3.63 Å². The fourth-order valence-electron chi connectivity index (χ4n) is 0.459. The van der Waals surface area contributed by atoms with Crippen molar-refractivity contribution in [1.82, 2.24) is 0 Å². The minimum absolute atomic E-state index is 1.10. The molecular formula is C2H3FO5S2. The van der Waals surface area contributed by atoms with Crippen LogP contribution in [0.4, 0.5) is 4.39 Å². The molecule has 1 saturated heterocycles. The lowest BCUT2D eigenvalue weighted by Gasteiger charge is -1.87. The van der Waals surface area contributed by atoms with Crippen molar-refractivity contribution < 1.29 is 24.9 Å². The van der Waals surface area contributed by atoms with E-state index in [1.165, 1.54) is 0 Å². The van der Waals surface area contributed by atoms with Crippen LogP contribution in [0, 0.1) is 0 Å². The highest BCUT2D eigenvalue weighted by molar-refractivity contribution is 8.03. The molecule has 60 valence electrons. The first kappa shape index (κ1) is 7.89. The molecule has 1 atom stereocenters. The van der Waals surface area contributed by atoms with Crippen LogP contribution in [0.15, 0.2) is 0 Å². The predicted octanol–water partition coefficient (Wildman–Crippen LogP) is -1.03. The van der Waals surface area contributed by atoms with Crippen LogP contribution in [0.5, 0.6) is 0 Å². The van der Waals surface area contributed by atoms with Crippen molar-refractivity contribution in [2.75, 3.05) is 5.75 Å². The number of alkyl halides is 1. The first-order valence-electron chi connectivity index (χ1n) is 2.15. The van der Waals surface area contributed by atoms with Gasteiger partial charge < -0.3 is 0 Å². The molecule has 1 fully saturated rings. The molecule has 0 aromatic carbocycles. The van der Waals surface area contributed by atoms with Gasteiger partial charge in [-0.15, -0.1) is 3.63 Å². The third kappa shape index (κ3) is 1.27. The number of hydrogen-bond acceptors (Lipinski definition) is 5. The quantitative estimate of drug-likeness (QED) is 0.488. The summed E-state index contributed by atoms with van der Waals surface area (Å²) in [5, 5.41) is 0. The van der Waals surface area contributed by atoms with E-state index in [9.17, 15) is 21.2 Å². The van der Waals surface area contributed by atoms with Gasteiger partial charge in [0, 0.05) is 0 Å². The maximum atomic E-state index is 12.1. The van der Waals surface area contributed by atoms with Gasteiger partial charge >= 0.3 is 10.1 Å². The Balaban J connectivity index is 3.16. The Morgan fingerprint density at radius 2 is 1.80 bits per heavy atom. The highest BCUT2D eigenvalue weighted by Gasteiger charge is 2.43. The van der Waals surface area contributed by atoms with Gasteiger partial charge in [0.1, 0.15) is 5.75 Å². The maximum Gasteiger partial charge on any atom is 0.315 e. The molecule has 0 spiro atoms. The topological polar surface area (TPSA) is 77.5 Å². The van der Waals surface area contributed by atoms with Crippen molar-refractivity contribution in [3.8, 4) is 0 Å². The zero-order valence-electron chi connectivity index (χ0n) is 4.52. The molecule has 0 N–H and O–H groups in total. The molecular weight excluding hydrogens is 187 g/mol. The number of hydrogen-bond donors (Lipinski definition) is 0. The number of halogens is 1. The van der Waals surface area contributed by atoms with Crippen molar-refractivity contribution in [3.63, 3.8) is 0 Å². The first-order chi connectivity index (χ1) is 4.33. The van der Waals surface area contributed by atoms with E-state index >= 15 is 0 Å². The SMILES string of the molecule is O=S1(=O)CC(F)S(=O)(=O)O1. The summed E-state index contributed by atoms with van der Waals surface area (Å²) in [5.74, 6) is -1.10. The molecule has 0 aliphatic carbocycles. The minimum Gasteiger partial charge on any atom is -0.226 e. The first-order valence-corrected chi connectivity index (χ1v) is 5.20. The lowest BCUT2D eigenvalue weighted by molar-refractivity contribution is 0.427. The van der Waals surface area contributed by atoms with Crippen LogP contribution in [-0.4, -0.2) is 28.1 Å². The zero-order chi connectivity index (χ0) is 7.99. The van der Waals surface area contributed by atoms with Crippen LogP contribution in [-0.2, 0) is 23.9 Å². The molecule has 5 nitrogen and oxygen atoms in total. The normalized spacial score (nSPS) is 35.9. The Morgan fingerprint density at radius 1 is 1.30 bits per heavy atom. The van der Waals surface area contributed by atoms with E-state index in [1.54, 1.807) is 0 Å². The average molecular weight is 190 g/mol. The largest absolute Gasteiger partial charge is 0.315 e. The van der Waals surface area contributed by atoms with Crippen LogP contribution >= 0.6 is 0 Å². The third-order valence-electron chi connectivity index (χ3n) is 0.847. The van der Waals surface area contributed by atoms with Crippen molar-refractivity contribution in [1.29, 1.82) is 0 Å². The minimum atomic E-state index is -4.49. The predicted molar refractivity (Wildman–Crippen MR) is 28.7 cm³/mol. The summed E-state index contributed by atoms with van der Waals surface area (Å²) in [5.41, 5.74) is -2.43. The molecule has 0 bridgehead atoms. The van der Waals surface area contributed by atoms with Crippen LogP contribution in [0.2, 0.25) is 0 Å². The standard InChI is InChI=1S/C2H3FO5S2/c3-2-1-9(4,5)8-10(2,6)7/h2H,1H2. The van der Waals surface area contributed by atoms with Gasteiger partial charge in [-0.25, -0.2) is 4.39 Å². The van der Waals surface area contributed by atoms with Crippen LogP contribution in [0.25, 0.3) is 0 Å². The fraction of sp³-hybridized carbons (Fsp3) is 1.00. The van der Waals surface area contributed by atoms with E-state index in [-0.39, 0.29) is 0 Å². The second kappa shape index (κ2) is 1.89. The molecule has 0 aromatic heterocycles. The fourth-order valence-corrected chi connectivity index (χ4v) is 3.67. The molecule has 0 aromatic rings. The van der Waals surface area contributed by atoms with Crippen molar-refractivity contribution >= 4 is 20.2 Å². The molecule has 10 heavy (non-hydrogen) atoms. The molecule has 0 amide bonds. The average Bonchev–Trinajstić information content (AvgIpc) is 1.73. The van der Waals surface area contributed by atoms with Crippen LogP contribution < -0.4 is 0 Å². The molecule has 1 unspecified atom stereocenters. The lowest BCUT2D eigenvalue weighted by atomic mass is 10.9. The van der Waals surface area contributed by atoms with Crippen molar-refractivity contribution in [2.45, 2.75) is 5.50 Å². The highest BCUT2D eigenvalue weighted by atomic mass is 32.3. The van der Waals surface area contributed by atoms with Gasteiger partial charge in [-0.05, 0) is 0 Å². The Kier molecular flexibility index (Phi) is 1.49. The van der Waals surface area contributed by atoms with E-state index in [4.69, 9.17) is 0 Å². The van der Waals surface area contributed by atoms with Crippen molar-refractivity contribution in [3.05, 3.63) is 0 Å². The molecule has 1 aliphatic heterocycles. The summed E-state index contributed by atoms with van der Waals surface area (Å²) in [6.07, 6.45) is 0. The summed E-state index contributed by atoms with van der Waals surface area (Å²) >= 11 is 0. The van der Waals surface area contributed by atoms with E-state index < -0.39 is 31.5 Å². The van der Waals surface area contributed by atoms with Crippen LogP contribution in [0.1, 0.15) is 0 Å². The summed E-state index contributed by atoms with van der Waals surface area (Å²) < 4.78 is 56.4. The van der Waals surface area contributed by atoms with E-state index in [0.29, 0.717) is 0 Å². The summed E-state index contributed by atoms with van der Waals surface area (Å²) in [6.45, 7) is 0. The van der Waals surface area contributed by atoms with Crippen molar-refractivity contribution in [2.24, 2.45) is 0 Å². The summed E-state index contributed by atoms with van der Waals surface area (Å²) in [7, 11) is -8.65. The number of rotatable bonds is 0. The van der Waals surface area contributed by atoms with Gasteiger partial charge in [-0.1, -0.05) is 0 Å². The second-order valence-corrected chi connectivity index (χ2v) is 5.19. The summed E-state index contributed by atoms with van der Waals surface area (Å²) in [4.78, 5) is 0. The molecule has 0 saturated carbocycles. The molecule has 8 heteroatoms. The van der Waals surface area contributed by atoms with Gasteiger partial charge in [0.05, 0.1) is 0 Å². The maximum absolute atomic E-state index is 12.1. The lowest BCUT2D eigenvalue weighted by Crippen LogP contribution is -2.10. The Labute approximate surface area is 57.0 Å². The van der Waals surface area contributed by atoms with Gasteiger partial charge in [0.25, 0.3) is 10.1 Å². The Morgan fingerprint density at radius 3 is 1.90 bits per heavy atom. The Bertz CT molecular complexity index is 325. The van der Waals surface area contributed by atoms with E-state index in [1.807, 2.05) is 0 Å². The van der Waals surface area contributed by atoms with Gasteiger partial charge in [-0.3, -0.25) is 0 Å². The second-order valence-electron chi connectivity index (χ2n) is 1.70. The summed E-state index contributed by atoms with van der Waals surface area (Å²) in [6, 6.07) is 0. The van der Waals surface area contributed by atoms with Gasteiger partial charge in [-0.2, -0.15) is 16.8 Å². The smallest absolute Gasteiger partial charge is 0.226 e. The van der Waals surface area contributed by atoms with E-state index in [0.717, 1.165) is 0 Å². The Hall–Kier alpha value is -0.210. The van der Waals surface area contributed by atoms with Gasteiger partial charge in [0.15, 0.2) is 0 Å².